The highest BCUT2D eigenvalue weighted by molar-refractivity contribution is 7.90. The number of halogens is 3. The Bertz CT molecular complexity index is 1050. The van der Waals surface area contributed by atoms with Crippen molar-refractivity contribution in [3.8, 4) is 0 Å². The highest BCUT2D eigenvalue weighted by atomic mass is 32.2. The van der Waals surface area contributed by atoms with E-state index in [0.29, 0.717) is 18.7 Å². The van der Waals surface area contributed by atoms with E-state index in [2.05, 4.69) is 6.58 Å². The number of alkyl halides is 3. The molecule has 0 saturated carbocycles. The number of ether oxygens (including phenoxy) is 1. The van der Waals surface area contributed by atoms with Crippen molar-refractivity contribution in [2.75, 3.05) is 19.3 Å². The molecule has 1 aliphatic rings. The first-order valence-corrected chi connectivity index (χ1v) is 11.4. The van der Waals surface area contributed by atoms with Crippen LogP contribution in [0.4, 0.5) is 13.2 Å². The molecular weight excluding hydrogens is 431 g/mol. The summed E-state index contributed by atoms with van der Waals surface area (Å²) in [5, 5.41) is 0. The van der Waals surface area contributed by atoms with E-state index < -0.39 is 27.7 Å². The summed E-state index contributed by atoms with van der Waals surface area (Å²) >= 11 is 0. The van der Waals surface area contributed by atoms with Crippen molar-refractivity contribution in [3.63, 3.8) is 0 Å². The van der Waals surface area contributed by atoms with Crippen molar-refractivity contribution in [2.45, 2.75) is 29.7 Å². The van der Waals surface area contributed by atoms with Gasteiger partial charge in [0.2, 0.25) is 5.91 Å². The summed E-state index contributed by atoms with van der Waals surface area (Å²) in [4.78, 5) is 13.9. The maximum absolute atomic E-state index is 12.7. The summed E-state index contributed by atoms with van der Waals surface area (Å²) in [5.74, 6) is -0.467. The van der Waals surface area contributed by atoms with Crippen LogP contribution in [0.5, 0.6) is 0 Å². The molecule has 2 atom stereocenters. The minimum Gasteiger partial charge on any atom is -0.371 e. The van der Waals surface area contributed by atoms with Crippen molar-refractivity contribution in [3.05, 3.63) is 77.9 Å². The zero-order valence-corrected chi connectivity index (χ0v) is 17.6. The monoisotopic (exact) mass is 453 g/mol. The Morgan fingerprint density at radius 1 is 1.13 bits per heavy atom. The predicted octanol–water partition coefficient (Wildman–Crippen LogP) is 3.81. The van der Waals surface area contributed by atoms with Crippen LogP contribution in [-0.2, 0) is 32.2 Å². The molecule has 2 aromatic rings. The number of likely N-dealkylation sites (tertiary alicyclic amines) is 1. The molecule has 0 aliphatic carbocycles. The smallest absolute Gasteiger partial charge is 0.371 e. The first-order chi connectivity index (χ1) is 14.5. The number of sulfone groups is 1. The number of hydrogen-bond donors (Lipinski definition) is 0. The highest BCUT2D eigenvalue weighted by Crippen LogP contribution is 2.32. The van der Waals surface area contributed by atoms with Gasteiger partial charge in [0, 0.05) is 25.3 Å². The molecule has 9 heteroatoms. The normalized spacial score (nSPS) is 19.4. The summed E-state index contributed by atoms with van der Waals surface area (Å²) in [6, 6.07) is 11.1. The number of nitrogens with zero attached hydrogens (tertiary/aromatic N) is 1. The number of carbonyl (C=O) groups is 1. The molecule has 5 nitrogen and oxygen atoms in total. The molecule has 1 heterocycles. The molecule has 1 saturated heterocycles. The standard InChI is InChI=1S/C22H22F3NO4S/c1-3-21(27)26-12-19(16-6-10-18(11-7-16)31(2,28)29)20(13-26)30-14-15-4-8-17(9-5-15)22(23,24)25/h3-11,19-20H,1,12-14H2,2H3/t19-,20+/m0/s1. The van der Waals surface area contributed by atoms with Crippen molar-refractivity contribution < 1.29 is 31.1 Å². The van der Waals surface area contributed by atoms with Crippen LogP contribution in [-0.4, -0.2) is 44.7 Å². The van der Waals surface area contributed by atoms with E-state index in [0.717, 1.165) is 24.0 Å². The molecular formula is C22H22F3NO4S. The number of hydrogen-bond acceptors (Lipinski definition) is 4. The molecule has 1 fully saturated rings. The molecule has 1 aliphatic heterocycles. The molecule has 0 radical (unpaired) electrons. The first kappa shape index (κ1) is 23.0. The van der Waals surface area contributed by atoms with Crippen LogP contribution in [0.2, 0.25) is 0 Å². The molecule has 31 heavy (non-hydrogen) atoms. The fraction of sp³-hybridized carbons (Fsp3) is 0.318. The lowest BCUT2D eigenvalue weighted by Gasteiger charge is -2.19. The molecule has 1 amide bonds. The Balaban J connectivity index is 1.77. The molecule has 0 N–H and O–H groups in total. The molecule has 3 rings (SSSR count). The summed E-state index contributed by atoms with van der Waals surface area (Å²) in [5.41, 5.74) is 0.653. The van der Waals surface area contributed by atoms with Crippen molar-refractivity contribution in [1.82, 2.24) is 4.90 Å². The quantitative estimate of drug-likeness (QED) is 0.624. The van der Waals surface area contributed by atoms with Gasteiger partial charge in [0.15, 0.2) is 9.84 Å². The molecule has 2 aromatic carbocycles. The highest BCUT2D eigenvalue weighted by Gasteiger charge is 2.36. The average molecular weight is 453 g/mol. The third kappa shape index (κ3) is 5.54. The largest absolute Gasteiger partial charge is 0.416 e. The van der Waals surface area contributed by atoms with Crippen molar-refractivity contribution in [2.24, 2.45) is 0 Å². The summed E-state index contributed by atoms with van der Waals surface area (Å²) in [6.45, 7) is 4.24. The number of carbonyl (C=O) groups excluding carboxylic acids is 1. The average Bonchev–Trinajstić information content (AvgIpc) is 3.15. The molecule has 0 bridgehead atoms. The summed E-state index contributed by atoms with van der Waals surface area (Å²) in [7, 11) is -3.33. The van der Waals surface area contributed by atoms with E-state index in [1.165, 1.54) is 30.3 Å². The third-order valence-electron chi connectivity index (χ3n) is 5.23. The minimum absolute atomic E-state index is 0.0802. The first-order valence-electron chi connectivity index (χ1n) is 9.48. The Labute approximate surface area is 179 Å². The van der Waals surface area contributed by atoms with Crippen LogP contribution < -0.4 is 0 Å². The van der Waals surface area contributed by atoms with Gasteiger partial charge < -0.3 is 9.64 Å². The van der Waals surface area contributed by atoms with Gasteiger partial charge in [-0.2, -0.15) is 13.2 Å². The van der Waals surface area contributed by atoms with Gasteiger partial charge in [-0.15, -0.1) is 0 Å². The second kappa shape index (κ2) is 8.84. The van der Waals surface area contributed by atoms with Gasteiger partial charge in [-0.1, -0.05) is 30.8 Å². The Kier molecular flexibility index (Phi) is 6.56. The molecule has 166 valence electrons. The number of amides is 1. The van der Waals surface area contributed by atoms with E-state index in [-0.39, 0.29) is 23.3 Å². The topological polar surface area (TPSA) is 63.7 Å². The van der Waals surface area contributed by atoms with E-state index in [9.17, 15) is 26.4 Å². The van der Waals surface area contributed by atoms with Gasteiger partial charge in [-0.05, 0) is 41.5 Å². The van der Waals surface area contributed by atoms with Gasteiger partial charge in [-0.25, -0.2) is 8.42 Å². The van der Waals surface area contributed by atoms with Crippen LogP contribution in [0.1, 0.15) is 22.6 Å². The van der Waals surface area contributed by atoms with Crippen LogP contribution >= 0.6 is 0 Å². The van der Waals surface area contributed by atoms with E-state index in [1.54, 1.807) is 17.0 Å². The van der Waals surface area contributed by atoms with E-state index in [1.807, 2.05) is 0 Å². The predicted molar refractivity (Wildman–Crippen MR) is 109 cm³/mol. The van der Waals surface area contributed by atoms with Gasteiger partial charge in [0.05, 0.1) is 23.2 Å². The Hall–Kier alpha value is -2.65. The maximum Gasteiger partial charge on any atom is 0.416 e. The lowest BCUT2D eigenvalue weighted by molar-refractivity contribution is -0.137. The minimum atomic E-state index is -4.40. The number of benzene rings is 2. The van der Waals surface area contributed by atoms with E-state index in [4.69, 9.17) is 4.74 Å². The van der Waals surface area contributed by atoms with Crippen LogP contribution in [0.15, 0.2) is 66.1 Å². The second-order valence-electron chi connectivity index (χ2n) is 7.44. The van der Waals surface area contributed by atoms with Crippen molar-refractivity contribution in [1.29, 1.82) is 0 Å². The van der Waals surface area contributed by atoms with Crippen LogP contribution in [0.3, 0.4) is 0 Å². The second-order valence-corrected chi connectivity index (χ2v) is 9.45. The van der Waals surface area contributed by atoms with Crippen LogP contribution in [0, 0.1) is 0 Å². The van der Waals surface area contributed by atoms with Crippen LogP contribution in [0.25, 0.3) is 0 Å². The SMILES string of the molecule is C=CC(=O)N1C[C@@H](OCc2ccc(C(F)(F)F)cc2)[C@H](c2ccc(S(C)(=O)=O)cc2)C1. The van der Waals surface area contributed by atoms with Gasteiger partial charge >= 0.3 is 6.18 Å². The zero-order chi connectivity index (χ0) is 22.8. The lowest BCUT2D eigenvalue weighted by Crippen LogP contribution is -2.28. The Morgan fingerprint density at radius 3 is 2.26 bits per heavy atom. The fourth-order valence-electron chi connectivity index (χ4n) is 3.53. The van der Waals surface area contributed by atoms with Crippen molar-refractivity contribution >= 4 is 15.7 Å². The Morgan fingerprint density at radius 2 is 1.74 bits per heavy atom. The van der Waals surface area contributed by atoms with Gasteiger partial charge in [0.1, 0.15) is 0 Å². The van der Waals surface area contributed by atoms with E-state index >= 15 is 0 Å². The van der Waals surface area contributed by atoms with Gasteiger partial charge in [-0.3, -0.25) is 4.79 Å². The number of rotatable bonds is 6. The zero-order valence-electron chi connectivity index (χ0n) is 16.8. The lowest BCUT2D eigenvalue weighted by atomic mass is 9.96. The van der Waals surface area contributed by atoms with Gasteiger partial charge in [0.25, 0.3) is 0 Å². The summed E-state index contributed by atoms with van der Waals surface area (Å²) in [6.07, 6.45) is -2.48. The summed E-state index contributed by atoms with van der Waals surface area (Å²) < 4.78 is 67.6. The molecule has 0 spiro atoms. The fourth-order valence-corrected chi connectivity index (χ4v) is 4.16. The molecule has 0 unspecified atom stereocenters. The molecule has 0 aromatic heterocycles. The third-order valence-corrected chi connectivity index (χ3v) is 6.36. The maximum atomic E-state index is 12.7.